The van der Waals surface area contributed by atoms with Crippen LogP contribution in [0, 0.1) is 0 Å². The Morgan fingerprint density at radius 3 is 2.70 bits per heavy atom. The van der Waals surface area contributed by atoms with Crippen molar-refractivity contribution in [3.05, 3.63) is 18.2 Å². The molecular weight excluding hydrogens is 280 g/mol. The third kappa shape index (κ3) is 3.23. The molecule has 0 spiro atoms. The summed E-state index contributed by atoms with van der Waals surface area (Å²) in [5, 5.41) is 9.85. The van der Waals surface area contributed by atoms with E-state index in [1.165, 1.54) is 25.3 Å². The summed E-state index contributed by atoms with van der Waals surface area (Å²) < 4.78 is 32.2. The maximum absolute atomic E-state index is 12.3. The summed E-state index contributed by atoms with van der Waals surface area (Å²) >= 11 is 0. The maximum atomic E-state index is 12.3. The van der Waals surface area contributed by atoms with Gasteiger partial charge in [0.25, 0.3) is 0 Å². The van der Waals surface area contributed by atoms with Crippen molar-refractivity contribution in [1.29, 1.82) is 0 Å². The van der Waals surface area contributed by atoms with Crippen LogP contribution in [0.1, 0.15) is 25.7 Å². The molecule has 4 N–H and O–H groups in total. The number of nitrogens with two attached hydrogens (primary N) is 1. The molecule has 112 valence electrons. The van der Waals surface area contributed by atoms with E-state index in [1.807, 2.05) is 0 Å². The molecule has 1 aliphatic carbocycles. The molecule has 0 radical (unpaired) electrons. The molecule has 20 heavy (non-hydrogen) atoms. The minimum Gasteiger partial charge on any atom is -0.495 e. The normalized spacial score (nSPS) is 23.5. The van der Waals surface area contributed by atoms with Crippen molar-refractivity contribution in [3.63, 3.8) is 0 Å². The highest BCUT2D eigenvalue weighted by Crippen LogP contribution is 2.26. The van der Waals surface area contributed by atoms with E-state index in [1.54, 1.807) is 0 Å². The van der Waals surface area contributed by atoms with Crippen LogP contribution < -0.4 is 15.2 Å². The van der Waals surface area contributed by atoms with Crippen LogP contribution in [-0.4, -0.2) is 32.8 Å². The third-order valence-electron chi connectivity index (χ3n) is 3.55. The lowest BCUT2D eigenvalue weighted by atomic mass is 9.93. The summed E-state index contributed by atoms with van der Waals surface area (Å²) in [4.78, 5) is 0.0846. The summed E-state index contributed by atoms with van der Waals surface area (Å²) in [7, 11) is -2.26. The molecule has 1 fully saturated rings. The summed E-state index contributed by atoms with van der Waals surface area (Å²) in [5.41, 5.74) is 6.05. The topological polar surface area (TPSA) is 102 Å². The Hall–Kier alpha value is -1.31. The fourth-order valence-corrected chi connectivity index (χ4v) is 3.69. The molecule has 0 bridgehead atoms. The average molecular weight is 300 g/mol. The molecule has 0 saturated heterocycles. The molecule has 1 aromatic rings. The summed E-state index contributed by atoms with van der Waals surface area (Å²) in [6.07, 6.45) is 2.48. The Morgan fingerprint density at radius 1 is 1.35 bits per heavy atom. The van der Waals surface area contributed by atoms with Crippen LogP contribution in [0.5, 0.6) is 5.75 Å². The molecule has 6 nitrogen and oxygen atoms in total. The molecule has 2 rings (SSSR count). The van der Waals surface area contributed by atoms with Gasteiger partial charge < -0.3 is 15.6 Å². The van der Waals surface area contributed by atoms with Crippen LogP contribution in [0.2, 0.25) is 0 Å². The third-order valence-corrected chi connectivity index (χ3v) is 5.04. The zero-order valence-corrected chi connectivity index (χ0v) is 12.2. The van der Waals surface area contributed by atoms with E-state index >= 15 is 0 Å². The van der Waals surface area contributed by atoms with E-state index in [0.29, 0.717) is 24.3 Å². The lowest BCUT2D eigenvalue weighted by Crippen LogP contribution is -2.44. The first-order valence-electron chi connectivity index (χ1n) is 6.58. The number of aliphatic hydroxyl groups is 1. The fraction of sp³-hybridized carbons (Fsp3) is 0.538. The second kappa shape index (κ2) is 5.99. The Labute approximate surface area is 119 Å². The van der Waals surface area contributed by atoms with Gasteiger partial charge in [0.1, 0.15) is 5.75 Å². The Bertz CT molecular complexity index is 574. The number of nitrogen functional groups attached to an aromatic ring is 1. The number of methoxy groups -OCH3 is 1. The van der Waals surface area contributed by atoms with E-state index in [4.69, 9.17) is 10.5 Å². The van der Waals surface area contributed by atoms with Crippen molar-refractivity contribution < 1.29 is 18.3 Å². The van der Waals surface area contributed by atoms with E-state index in [-0.39, 0.29) is 4.90 Å². The summed E-state index contributed by atoms with van der Waals surface area (Å²) in [6, 6.07) is 3.87. The van der Waals surface area contributed by atoms with Gasteiger partial charge in [-0.1, -0.05) is 12.8 Å². The molecule has 1 aliphatic rings. The van der Waals surface area contributed by atoms with Crippen molar-refractivity contribution in [2.24, 2.45) is 0 Å². The number of ether oxygens (including phenoxy) is 1. The van der Waals surface area contributed by atoms with Gasteiger partial charge in [-0.15, -0.1) is 0 Å². The summed E-state index contributed by atoms with van der Waals surface area (Å²) in [6.45, 7) is 0. The standard InChI is InChI=1S/C13H20N2O4S/c1-19-13-8-9(6-7-10(13)14)20(17,18)15-11-4-2-3-5-12(11)16/h6-8,11-12,15-16H,2-5,14H2,1H3/t11-,12-/m0/s1. The van der Waals surface area contributed by atoms with E-state index < -0.39 is 22.2 Å². The molecule has 0 aliphatic heterocycles. The van der Waals surface area contributed by atoms with Gasteiger partial charge in [-0.25, -0.2) is 13.1 Å². The molecular formula is C13H20N2O4S. The van der Waals surface area contributed by atoms with Gasteiger partial charge in [-0.3, -0.25) is 0 Å². The first kappa shape index (κ1) is 15.1. The lowest BCUT2D eigenvalue weighted by molar-refractivity contribution is 0.101. The predicted molar refractivity (Wildman–Crippen MR) is 76.0 cm³/mol. The second-order valence-corrected chi connectivity index (χ2v) is 6.70. The van der Waals surface area contributed by atoms with Crippen molar-refractivity contribution in [1.82, 2.24) is 4.72 Å². The molecule has 0 unspecified atom stereocenters. The number of sulfonamides is 1. The number of anilines is 1. The number of hydrogen-bond acceptors (Lipinski definition) is 5. The highest BCUT2D eigenvalue weighted by Gasteiger charge is 2.28. The summed E-state index contributed by atoms with van der Waals surface area (Å²) in [5.74, 6) is 0.317. The largest absolute Gasteiger partial charge is 0.495 e. The van der Waals surface area contributed by atoms with Crippen LogP contribution in [0.25, 0.3) is 0 Å². The van der Waals surface area contributed by atoms with Gasteiger partial charge in [0, 0.05) is 12.1 Å². The van der Waals surface area contributed by atoms with Crippen LogP contribution in [0.4, 0.5) is 5.69 Å². The van der Waals surface area contributed by atoms with Crippen molar-refractivity contribution >= 4 is 15.7 Å². The van der Waals surface area contributed by atoms with Gasteiger partial charge in [0.05, 0.1) is 23.8 Å². The smallest absolute Gasteiger partial charge is 0.241 e. The van der Waals surface area contributed by atoms with Crippen LogP contribution in [-0.2, 0) is 10.0 Å². The zero-order chi connectivity index (χ0) is 14.8. The minimum atomic E-state index is -3.69. The highest BCUT2D eigenvalue weighted by atomic mass is 32.2. The van der Waals surface area contributed by atoms with Crippen molar-refractivity contribution in [3.8, 4) is 5.75 Å². The molecule has 0 heterocycles. The average Bonchev–Trinajstić information content (AvgIpc) is 2.41. The Kier molecular flexibility index (Phi) is 4.52. The van der Waals surface area contributed by atoms with Gasteiger partial charge in [-0.2, -0.15) is 0 Å². The van der Waals surface area contributed by atoms with E-state index in [9.17, 15) is 13.5 Å². The van der Waals surface area contributed by atoms with Crippen LogP contribution in [0.15, 0.2) is 23.1 Å². The van der Waals surface area contributed by atoms with Crippen LogP contribution in [0.3, 0.4) is 0 Å². The fourth-order valence-electron chi connectivity index (χ4n) is 2.37. The number of benzene rings is 1. The monoisotopic (exact) mass is 300 g/mol. The zero-order valence-electron chi connectivity index (χ0n) is 11.4. The van der Waals surface area contributed by atoms with Gasteiger partial charge in [-0.05, 0) is 25.0 Å². The molecule has 1 saturated carbocycles. The molecule has 2 atom stereocenters. The second-order valence-electron chi connectivity index (χ2n) is 4.98. The minimum absolute atomic E-state index is 0.0846. The first-order chi connectivity index (χ1) is 9.44. The SMILES string of the molecule is COc1cc(S(=O)(=O)N[C@H]2CCCC[C@@H]2O)ccc1N. The Balaban J connectivity index is 2.21. The van der Waals surface area contributed by atoms with Gasteiger partial charge in [0.2, 0.25) is 10.0 Å². The van der Waals surface area contributed by atoms with Crippen molar-refractivity contribution in [2.45, 2.75) is 42.7 Å². The van der Waals surface area contributed by atoms with Crippen LogP contribution >= 0.6 is 0 Å². The van der Waals surface area contributed by atoms with E-state index in [0.717, 1.165) is 12.8 Å². The van der Waals surface area contributed by atoms with E-state index in [2.05, 4.69) is 4.72 Å². The highest BCUT2D eigenvalue weighted by molar-refractivity contribution is 7.89. The quantitative estimate of drug-likeness (QED) is 0.716. The van der Waals surface area contributed by atoms with Crippen molar-refractivity contribution in [2.75, 3.05) is 12.8 Å². The number of nitrogens with one attached hydrogen (secondary N) is 1. The maximum Gasteiger partial charge on any atom is 0.241 e. The Morgan fingerprint density at radius 2 is 2.05 bits per heavy atom. The molecule has 0 aromatic heterocycles. The lowest BCUT2D eigenvalue weighted by Gasteiger charge is -2.28. The van der Waals surface area contributed by atoms with Gasteiger partial charge in [0.15, 0.2) is 0 Å². The number of rotatable bonds is 4. The number of hydrogen-bond donors (Lipinski definition) is 3. The molecule has 1 aromatic carbocycles. The number of aliphatic hydroxyl groups excluding tert-OH is 1. The van der Waals surface area contributed by atoms with Gasteiger partial charge >= 0.3 is 0 Å². The first-order valence-corrected chi connectivity index (χ1v) is 8.06. The molecule has 0 amide bonds. The molecule has 7 heteroatoms. The predicted octanol–water partition coefficient (Wildman–Crippen LogP) is 0.859.